The van der Waals surface area contributed by atoms with Crippen molar-refractivity contribution in [3.63, 3.8) is 0 Å². The smallest absolute Gasteiger partial charge is 0.462 e. The maximum absolute atomic E-state index is 9.58. The molecular weight excluding hydrogens is 512 g/mol. The molecule has 2 saturated heterocycles. The number of rotatable bonds is 4. The van der Waals surface area contributed by atoms with E-state index in [1.165, 1.54) is 14.2 Å². The molecule has 240 valence electrons. The third-order valence-electron chi connectivity index (χ3n) is 7.14. The summed E-state index contributed by atoms with van der Waals surface area (Å²) in [5.41, 5.74) is 0. The Balaban J connectivity index is 0. The molecule has 40 heavy (non-hydrogen) atoms. The summed E-state index contributed by atoms with van der Waals surface area (Å²) in [4.78, 5) is 0. The summed E-state index contributed by atoms with van der Waals surface area (Å²) in [6.45, 7) is 27.0. The first-order chi connectivity index (χ1) is 18.0. The van der Waals surface area contributed by atoms with E-state index in [0.29, 0.717) is 0 Å². The summed E-state index contributed by atoms with van der Waals surface area (Å²) in [5, 5.41) is 9.54. The molecule has 0 spiro atoms. The van der Waals surface area contributed by atoms with Crippen LogP contribution < -0.4 is 0 Å². The second-order valence-electron chi connectivity index (χ2n) is 15.0. The Hall–Kier alpha value is -0.100. The lowest BCUT2D eigenvalue weighted by molar-refractivity contribution is 0.0972. The van der Waals surface area contributed by atoms with Crippen molar-refractivity contribution in [3.05, 3.63) is 0 Å². The van der Waals surface area contributed by atoms with Crippen LogP contribution in [0.3, 0.4) is 0 Å². The molecule has 0 saturated carbocycles. The van der Waals surface area contributed by atoms with Crippen LogP contribution in [-0.2, 0) is 37.2 Å². The summed E-state index contributed by atoms with van der Waals surface area (Å²) in [6, 6.07) is 0. The van der Waals surface area contributed by atoms with E-state index in [4.69, 9.17) is 37.2 Å². The summed E-state index contributed by atoms with van der Waals surface area (Å²) in [6.07, 6.45) is 2.07. The molecule has 0 aromatic carbocycles. The molecule has 2 heterocycles. The molecule has 0 bridgehead atoms. The van der Waals surface area contributed by atoms with Gasteiger partial charge in [0.25, 0.3) is 0 Å². The number of hydrogen-bond acceptors (Lipinski definition) is 9. The third kappa shape index (κ3) is 15.4. The first-order valence-electron chi connectivity index (χ1n) is 14.7. The first kappa shape index (κ1) is 42.0. The summed E-state index contributed by atoms with van der Waals surface area (Å²) < 4.78 is 42.0. The van der Waals surface area contributed by atoms with Crippen molar-refractivity contribution in [2.24, 2.45) is 0 Å². The van der Waals surface area contributed by atoms with Crippen molar-refractivity contribution in [1.29, 1.82) is 0 Å². The predicted octanol–water partition coefficient (Wildman–Crippen LogP) is 6.59. The molecular formula is C27H64B4O9-2. The van der Waals surface area contributed by atoms with Crippen molar-refractivity contribution >= 4 is 27.5 Å². The SMILES string of the molecule is CC(C)(C)B1OCCCO1.COB(OC)C(C)(C)C.CO[B-](O)(OC)C(C)(C)C.C[B-]1(C(C)(C)C)OCCCO1. The Morgan fingerprint density at radius 1 is 0.700 bits per heavy atom. The minimum Gasteiger partial charge on any atom is -0.568 e. The van der Waals surface area contributed by atoms with E-state index in [2.05, 4.69) is 69.1 Å². The van der Waals surface area contributed by atoms with E-state index in [-0.39, 0.29) is 35.5 Å². The third-order valence-corrected chi connectivity index (χ3v) is 7.14. The van der Waals surface area contributed by atoms with E-state index >= 15 is 0 Å². The standard InChI is InChI=1S/C8H18BO2.C7H15BO2.C6H16BO3.C6H15BO2/c1-8(2,3)9(4)10-6-5-7-11-9;1-7(2,3)8-9-5-4-6-10-8;1-6(2,3)7(8,9-4)10-5;1-6(2,3)7(8-4)9-5/h5-7H2,1-4H3;4-6H2,1-3H3;8H,1-5H3;1-5H3/q-1;;-1;. The largest absolute Gasteiger partial charge is 0.568 e. The van der Waals surface area contributed by atoms with Crippen LogP contribution in [0, 0.1) is 0 Å². The summed E-state index contributed by atoms with van der Waals surface area (Å²) in [7, 11) is 6.08. The van der Waals surface area contributed by atoms with Crippen LogP contribution in [0.1, 0.15) is 95.9 Å². The fraction of sp³-hybridized carbons (Fsp3) is 1.00. The highest BCUT2D eigenvalue weighted by molar-refractivity contribution is 6.69. The fourth-order valence-electron chi connectivity index (χ4n) is 3.82. The Morgan fingerprint density at radius 2 is 1.07 bits per heavy atom. The minimum absolute atomic E-state index is 0.00116. The van der Waals surface area contributed by atoms with Gasteiger partial charge in [0.05, 0.1) is 0 Å². The molecule has 2 aliphatic rings. The molecule has 0 amide bonds. The van der Waals surface area contributed by atoms with Crippen LogP contribution in [0.15, 0.2) is 0 Å². The molecule has 0 aromatic heterocycles. The van der Waals surface area contributed by atoms with Gasteiger partial charge in [0, 0.05) is 40.6 Å². The van der Waals surface area contributed by atoms with Crippen LogP contribution >= 0.6 is 0 Å². The van der Waals surface area contributed by atoms with Crippen molar-refractivity contribution in [1.82, 2.24) is 0 Å². The Morgan fingerprint density at radius 3 is 1.23 bits per heavy atom. The van der Waals surface area contributed by atoms with Gasteiger partial charge in [-0.1, -0.05) is 88.4 Å². The van der Waals surface area contributed by atoms with E-state index < -0.39 is 13.3 Å². The van der Waals surface area contributed by atoms with Crippen molar-refractivity contribution in [2.75, 3.05) is 54.9 Å². The van der Waals surface area contributed by atoms with Gasteiger partial charge < -0.3 is 42.3 Å². The van der Waals surface area contributed by atoms with Crippen molar-refractivity contribution < 1.29 is 42.3 Å². The highest BCUT2D eigenvalue weighted by atomic mass is 16.7. The summed E-state index contributed by atoms with van der Waals surface area (Å²) >= 11 is 0. The van der Waals surface area contributed by atoms with Gasteiger partial charge in [-0.2, -0.15) is 0 Å². The van der Waals surface area contributed by atoms with E-state index in [9.17, 15) is 5.02 Å². The van der Waals surface area contributed by atoms with Gasteiger partial charge in [0.2, 0.25) is 6.55 Å². The maximum atomic E-state index is 9.58. The van der Waals surface area contributed by atoms with Gasteiger partial charge in [-0.15, -0.1) is 12.1 Å². The van der Waals surface area contributed by atoms with Gasteiger partial charge in [-0.3, -0.25) is 0 Å². The molecule has 2 rings (SSSR count). The van der Waals surface area contributed by atoms with Gasteiger partial charge in [-0.05, 0) is 37.7 Å². The highest BCUT2D eigenvalue weighted by Crippen LogP contribution is 2.39. The van der Waals surface area contributed by atoms with Crippen molar-refractivity contribution in [2.45, 2.75) is 124 Å². The quantitative estimate of drug-likeness (QED) is 0.373. The second kappa shape index (κ2) is 17.9. The molecule has 9 nitrogen and oxygen atoms in total. The van der Waals surface area contributed by atoms with Crippen LogP contribution in [0.2, 0.25) is 28.1 Å². The topological polar surface area (TPSA) is 94.1 Å². The maximum Gasteiger partial charge on any atom is 0.462 e. The Kier molecular flexibility index (Phi) is 18.8. The molecule has 0 atom stereocenters. The first-order valence-corrected chi connectivity index (χ1v) is 14.7. The molecule has 0 aromatic rings. The zero-order valence-electron chi connectivity index (χ0n) is 29.3. The molecule has 1 N–H and O–H groups in total. The van der Waals surface area contributed by atoms with Gasteiger partial charge in [-0.25, -0.2) is 0 Å². The highest BCUT2D eigenvalue weighted by Gasteiger charge is 2.37. The van der Waals surface area contributed by atoms with E-state index in [0.717, 1.165) is 39.3 Å². The predicted molar refractivity (Wildman–Crippen MR) is 171 cm³/mol. The zero-order valence-corrected chi connectivity index (χ0v) is 29.3. The molecule has 0 aliphatic carbocycles. The average molecular weight is 576 g/mol. The van der Waals surface area contributed by atoms with Crippen molar-refractivity contribution in [3.8, 4) is 0 Å². The number of hydrogen-bond donors (Lipinski definition) is 1. The normalized spacial score (nSPS) is 18.3. The van der Waals surface area contributed by atoms with Gasteiger partial charge in [0.1, 0.15) is 0 Å². The van der Waals surface area contributed by atoms with Crippen LogP contribution in [0.25, 0.3) is 0 Å². The van der Waals surface area contributed by atoms with Crippen LogP contribution in [-0.4, -0.2) is 87.4 Å². The lowest BCUT2D eigenvalue weighted by Gasteiger charge is -2.51. The van der Waals surface area contributed by atoms with Crippen LogP contribution in [0.4, 0.5) is 0 Å². The molecule has 13 heteroatoms. The van der Waals surface area contributed by atoms with E-state index in [1.807, 2.05) is 20.8 Å². The second-order valence-corrected chi connectivity index (χ2v) is 15.0. The molecule has 0 unspecified atom stereocenters. The average Bonchev–Trinajstić information content (AvgIpc) is 2.84. The molecule has 2 fully saturated rings. The minimum atomic E-state index is -2.12. The van der Waals surface area contributed by atoms with Gasteiger partial charge in [0.15, 0.2) is 0 Å². The Labute approximate surface area is 248 Å². The lowest BCUT2D eigenvalue weighted by atomic mass is 9.41. The molecule has 2 aliphatic heterocycles. The fourth-order valence-corrected chi connectivity index (χ4v) is 3.82. The van der Waals surface area contributed by atoms with Crippen LogP contribution in [0.5, 0.6) is 0 Å². The summed E-state index contributed by atoms with van der Waals surface area (Å²) in [5.74, 6) is 0. The zero-order chi connectivity index (χ0) is 32.1. The van der Waals surface area contributed by atoms with Gasteiger partial charge >= 0.3 is 21.0 Å². The Bertz CT molecular complexity index is 636. The van der Waals surface area contributed by atoms with E-state index in [1.54, 1.807) is 14.2 Å². The lowest BCUT2D eigenvalue weighted by Crippen LogP contribution is -2.50. The molecule has 0 radical (unpaired) electrons. The monoisotopic (exact) mass is 576 g/mol.